The van der Waals surface area contributed by atoms with E-state index < -0.39 is 11.7 Å². The van der Waals surface area contributed by atoms with Crippen molar-refractivity contribution < 1.29 is 14.3 Å². The zero-order valence-electron chi connectivity index (χ0n) is 17.5. The Balaban J connectivity index is 1.77. The maximum atomic E-state index is 12.3. The van der Waals surface area contributed by atoms with E-state index in [1.54, 1.807) is 0 Å². The molecule has 156 valence electrons. The fourth-order valence-electron chi connectivity index (χ4n) is 3.22. The molecule has 0 saturated carbocycles. The van der Waals surface area contributed by atoms with Gasteiger partial charge in [0.2, 0.25) is 0 Å². The number of carbonyl (C=O) groups is 2. The first-order chi connectivity index (χ1) is 13.2. The molecule has 1 fully saturated rings. The molecule has 2 rings (SSSR count). The topological polar surface area (TPSA) is 82.7 Å². The number of anilines is 1. The summed E-state index contributed by atoms with van der Waals surface area (Å²) in [5.41, 5.74) is 1.05. The number of amides is 3. The fraction of sp³-hybridized carbons (Fsp3) is 0.619. The molecule has 0 aliphatic carbocycles. The highest BCUT2D eigenvalue weighted by Gasteiger charge is 2.20. The van der Waals surface area contributed by atoms with Crippen LogP contribution in [0.15, 0.2) is 24.3 Å². The SMILES string of the molecule is CCCN1CCC(NC(=O)Nc2cccc(CNC(=O)OC(C)(C)C)c2)CC1. The van der Waals surface area contributed by atoms with Gasteiger partial charge in [0.15, 0.2) is 0 Å². The summed E-state index contributed by atoms with van der Waals surface area (Å²) in [6, 6.07) is 7.45. The smallest absolute Gasteiger partial charge is 0.407 e. The summed E-state index contributed by atoms with van der Waals surface area (Å²) >= 11 is 0. The predicted molar refractivity (Wildman–Crippen MR) is 111 cm³/mol. The van der Waals surface area contributed by atoms with E-state index in [-0.39, 0.29) is 12.1 Å². The minimum Gasteiger partial charge on any atom is -0.444 e. The van der Waals surface area contributed by atoms with Gasteiger partial charge in [0, 0.05) is 31.4 Å². The number of ether oxygens (including phenoxy) is 1. The summed E-state index contributed by atoms with van der Waals surface area (Å²) < 4.78 is 5.23. The highest BCUT2D eigenvalue weighted by Crippen LogP contribution is 2.13. The summed E-state index contributed by atoms with van der Waals surface area (Å²) in [5, 5.41) is 8.67. The van der Waals surface area contributed by atoms with E-state index in [0.717, 1.165) is 44.5 Å². The zero-order chi connectivity index (χ0) is 20.6. The molecule has 1 heterocycles. The number of rotatable bonds is 6. The number of nitrogens with zero attached hydrogens (tertiary/aromatic N) is 1. The van der Waals surface area contributed by atoms with Crippen molar-refractivity contribution in [1.82, 2.24) is 15.5 Å². The molecular weight excluding hydrogens is 356 g/mol. The normalized spacial score (nSPS) is 15.7. The van der Waals surface area contributed by atoms with Crippen molar-refractivity contribution in [2.75, 3.05) is 25.0 Å². The van der Waals surface area contributed by atoms with Gasteiger partial charge in [0.05, 0.1) is 0 Å². The first kappa shape index (κ1) is 22.0. The molecule has 1 aromatic carbocycles. The van der Waals surface area contributed by atoms with Crippen LogP contribution in [-0.4, -0.2) is 48.3 Å². The van der Waals surface area contributed by atoms with Crippen LogP contribution < -0.4 is 16.0 Å². The number of benzene rings is 1. The summed E-state index contributed by atoms with van der Waals surface area (Å²) in [6.07, 6.45) is 2.66. The number of hydrogen-bond donors (Lipinski definition) is 3. The predicted octanol–water partition coefficient (Wildman–Crippen LogP) is 3.71. The highest BCUT2D eigenvalue weighted by atomic mass is 16.6. The minimum atomic E-state index is -0.529. The Hall–Kier alpha value is -2.28. The largest absolute Gasteiger partial charge is 0.444 e. The van der Waals surface area contributed by atoms with E-state index in [1.807, 2.05) is 45.0 Å². The van der Waals surface area contributed by atoms with Crippen LogP contribution in [0.25, 0.3) is 0 Å². The van der Waals surface area contributed by atoms with Crippen molar-refractivity contribution in [3.05, 3.63) is 29.8 Å². The third-order valence-corrected chi connectivity index (χ3v) is 4.48. The van der Waals surface area contributed by atoms with Crippen molar-refractivity contribution >= 4 is 17.8 Å². The second kappa shape index (κ2) is 10.3. The monoisotopic (exact) mass is 390 g/mol. The molecule has 0 atom stereocenters. The lowest BCUT2D eigenvalue weighted by molar-refractivity contribution is 0.0523. The third kappa shape index (κ3) is 8.17. The third-order valence-electron chi connectivity index (χ3n) is 4.48. The average Bonchev–Trinajstić information content (AvgIpc) is 2.61. The van der Waals surface area contributed by atoms with E-state index in [1.165, 1.54) is 0 Å². The van der Waals surface area contributed by atoms with Crippen molar-refractivity contribution in [1.29, 1.82) is 0 Å². The van der Waals surface area contributed by atoms with E-state index in [9.17, 15) is 9.59 Å². The maximum absolute atomic E-state index is 12.3. The molecule has 3 N–H and O–H groups in total. The lowest BCUT2D eigenvalue weighted by Gasteiger charge is -2.32. The van der Waals surface area contributed by atoms with Gasteiger partial charge in [-0.05, 0) is 64.3 Å². The van der Waals surface area contributed by atoms with Gasteiger partial charge >= 0.3 is 12.1 Å². The molecular formula is C21H34N4O3. The zero-order valence-corrected chi connectivity index (χ0v) is 17.5. The van der Waals surface area contributed by atoms with Crippen molar-refractivity contribution in [3.8, 4) is 0 Å². The van der Waals surface area contributed by atoms with Crippen LogP contribution in [-0.2, 0) is 11.3 Å². The molecule has 1 aliphatic heterocycles. The molecule has 0 radical (unpaired) electrons. The van der Waals surface area contributed by atoms with Crippen LogP contribution in [0, 0.1) is 0 Å². The van der Waals surface area contributed by atoms with Crippen molar-refractivity contribution in [2.45, 2.75) is 65.1 Å². The number of hydrogen-bond acceptors (Lipinski definition) is 4. The molecule has 1 saturated heterocycles. The van der Waals surface area contributed by atoms with Gasteiger partial charge in [-0.3, -0.25) is 0 Å². The lowest BCUT2D eigenvalue weighted by Crippen LogP contribution is -2.46. The van der Waals surface area contributed by atoms with Crippen molar-refractivity contribution in [3.63, 3.8) is 0 Å². The molecule has 0 bridgehead atoms. The molecule has 0 unspecified atom stereocenters. The quantitative estimate of drug-likeness (QED) is 0.691. The molecule has 1 aliphatic rings. The van der Waals surface area contributed by atoms with E-state index >= 15 is 0 Å². The number of nitrogens with one attached hydrogen (secondary N) is 3. The Bertz CT molecular complexity index is 649. The van der Waals surface area contributed by atoms with Gasteiger partial charge in [-0.25, -0.2) is 9.59 Å². The van der Waals surface area contributed by atoms with Gasteiger partial charge in [0.1, 0.15) is 5.60 Å². The number of likely N-dealkylation sites (tertiary alicyclic amines) is 1. The molecule has 7 heteroatoms. The van der Waals surface area contributed by atoms with Crippen molar-refractivity contribution in [2.24, 2.45) is 0 Å². The van der Waals surface area contributed by atoms with Crippen LogP contribution in [0.2, 0.25) is 0 Å². The van der Waals surface area contributed by atoms with Crippen LogP contribution in [0.1, 0.15) is 52.5 Å². The van der Waals surface area contributed by atoms with E-state index in [0.29, 0.717) is 12.2 Å². The Morgan fingerprint density at radius 3 is 2.57 bits per heavy atom. The number of piperidine rings is 1. The van der Waals surface area contributed by atoms with Gasteiger partial charge in [0.25, 0.3) is 0 Å². The Morgan fingerprint density at radius 1 is 1.21 bits per heavy atom. The first-order valence-corrected chi connectivity index (χ1v) is 10.1. The highest BCUT2D eigenvalue weighted by molar-refractivity contribution is 5.89. The molecule has 28 heavy (non-hydrogen) atoms. The number of carbonyl (C=O) groups excluding carboxylic acids is 2. The molecule has 0 aromatic heterocycles. The average molecular weight is 391 g/mol. The Morgan fingerprint density at radius 2 is 1.93 bits per heavy atom. The van der Waals surface area contributed by atoms with E-state index in [4.69, 9.17) is 4.74 Å². The van der Waals surface area contributed by atoms with Gasteiger partial charge in [-0.15, -0.1) is 0 Å². The van der Waals surface area contributed by atoms with Crippen LogP contribution in [0.3, 0.4) is 0 Å². The lowest BCUT2D eigenvalue weighted by atomic mass is 10.1. The summed E-state index contributed by atoms with van der Waals surface area (Å²) in [5.74, 6) is 0. The molecule has 1 aromatic rings. The van der Waals surface area contributed by atoms with Gasteiger partial charge < -0.3 is 25.6 Å². The minimum absolute atomic E-state index is 0.189. The van der Waals surface area contributed by atoms with Gasteiger partial charge in [-0.2, -0.15) is 0 Å². The summed E-state index contributed by atoms with van der Waals surface area (Å²) in [6.45, 7) is 11.2. The second-order valence-corrected chi connectivity index (χ2v) is 8.27. The van der Waals surface area contributed by atoms with E-state index in [2.05, 4.69) is 27.8 Å². The van der Waals surface area contributed by atoms with Crippen LogP contribution in [0.5, 0.6) is 0 Å². The number of urea groups is 1. The van der Waals surface area contributed by atoms with Crippen LogP contribution in [0.4, 0.5) is 15.3 Å². The molecule has 0 spiro atoms. The molecule has 3 amide bonds. The summed E-state index contributed by atoms with van der Waals surface area (Å²) in [7, 11) is 0. The second-order valence-electron chi connectivity index (χ2n) is 8.27. The molecule has 7 nitrogen and oxygen atoms in total. The standard InChI is InChI=1S/C21H34N4O3/c1-5-11-25-12-9-17(10-13-25)23-19(26)24-18-8-6-7-16(14-18)15-22-20(27)28-21(2,3)4/h6-8,14,17H,5,9-13,15H2,1-4H3,(H,22,27)(H2,23,24,26). The number of alkyl carbamates (subject to hydrolysis) is 1. The Kier molecular flexibility index (Phi) is 8.11. The fourth-order valence-corrected chi connectivity index (χ4v) is 3.22. The Labute approximate surface area is 168 Å². The van der Waals surface area contributed by atoms with Gasteiger partial charge in [-0.1, -0.05) is 19.1 Å². The first-order valence-electron chi connectivity index (χ1n) is 10.1. The maximum Gasteiger partial charge on any atom is 0.407 e. The van der Waals surface area contributed by atoms with Crippen LogP contribution >= 0.6 is 0 Å². The summed E-state index contributed by atoms with van der Waals surface area (Å²) in [4.78, 5) is 26.5.